The van der Waals surface area contributed by atoms with Gasteiger partial charge in [-0.3, -0.25) is 19.8 Å². The summed E-state index contributed by atoms with van der Waals surface area (Å²) in [5, 5.41) is 8.71. The molecule has 28 heavy (non-hydrogen) atoms. The van der Waals surface area contributed by atoms with Crippen molar-refractivity contribution in [1.82, 2.24) is 20.0 Å². The van der Waals surface area contributed by atoms with E-state index in [1.54, 1.807) is 0 Å². The van der Waals surface area contributed by atoms with Gasteiger partial charge < -0.3 is 5.10 Å². The Hall–Kier alpha value is -3.54. The van der Waals surface area contributed by atoms with Crippen LogP contribution in [0.4, 0.5) is 0 Å². The maximum absolute atomic E-state index is 13.4. The van der Waals surface area contributed by atoms with Crippen LogP contribution >= 0.6 is 0 Å². The third-order valence-corrected chi connectivity index (χ3v) is 5.13. The number of aromatic nitrogens is 4. The van der Waals surface area contributed by atoms with Crippen molar-refractivity contribution in [3.8, 4) is 5.69 Å². The van der Waals surface area contributed by atoms with Gasteiger partial charge in [0, 0.05) is 17.3 Å². The molecule has 1 unspecified atom stereocenters. The van der Waals surface area contributed by atoms with Crippen LogP contribution in [0.25, 0.3) is 5.69 Å². The number of rotatable bonds is 4. The third kappa shape index (κ3) is 2.93. The molecule has 3 N–H and O–H groups in total. The Morgan fingerprint density at radius 2 is 1.46 bits per heavy atom. The molecule has 0 aliphatic carbocycles. The van der Waals surface area contributed by atoms with Crippen molar-refractivity contribution in [3.05, 3.63) is 109 Å². The Morgan fingerprint density at radius 1 is 0.786 bits per heavy atom. The molecule has 0 aliphatic heterocycles. The molecule has 0 amide bonds. The van der Waals surface area contributed by atoms with Gasteiger partial charge in [-0.05, 0) is 38.5 Å². The van der Waals surface area contributed by atoms with Crippen molar-refractivity contribution >= 4 is 0 Å². The molecule has 6 heteroatoms. The Kier molecular flexibility index (Phi) is 4.39. The molecule has 2 heterocycles. The molecular weight excluding hydrogens is 352 g/mol. The van der Waals surface area contributed by atoms with E-state index in [0.717, 1.165) is 28.2 Å². The van der Waals surface area contributed by atoms with Crippen LogP contribution in [0.2, 0.25) is 0 Å². The highest BCUT2D eigenvalue weighted by molar-refractivity contribution is 5.46. The summed E-state index contributed by atoms with van der Waals surface area (Å²) < 4.78 is 1.53. The van der Waals surface area contributed by atoms with Gasteiger partial charge in [0.2, 0.25) is 0 Å². The molecule has 6 nitrogen and oxygen atoms in total. The topological polar surface area (TPSA) is 86.4 Å². The smallest absolute Gasteiger partial charge is 0.275 e. The summed E-state index contributed by atoms with van der Waals surface area (Å²) in [7, 11) is 0. The standard InChI is InChI=1S/C22H22N4O2/c1-13-9-11-16(12-10-13)20(18-14(2)23-24-21(18)27)19-15(3)25-26(22(19)28)17-7-5-4-6-8-17/h4-12,20,25H,1-3H3,(H2,23,24,27). The fourth-order valence-corrected chi connectivity index (χ4v) is 3.70. The molecule has 4 aromatic rings. The first-order valence-corrected chi connectivity index (χ1v) is 9.18. The van der Waals surface area contributed by atoms with Crippen LogP contribution in [0.3, 0.4) is 0 Å². The van der Waals surface area contributed by atoms with Crippen LogP contribution in [0.5, 0.6) is 0 Å². The van der Waals surface area contributed by atoms with E-state index in [1.807, 2.05) is 75.4 Å². The van der Waals surface area contributed by atoms with Gasteiger partial charge in [0.05, 0.1) is 16.8 Å². The molecular formula is C22H22N4O2. The van der Waals surface area contributed by atoms with Gasteiger partial charge in [-0.1, -0.05) is 48.0 Å². The summed E-state index contributed by atoms with van der Waals surface area (Å²) in [5.74, 6) is -0.468. The number of aryl methyl sites for hydroxylation is 3. The summed E-state index contributed by atoms with van der Waals surface area (Å²) >= 11 is 0. The molecule has 2 aromatic carbocycles. The highest BCUT2D eigenvalue weighted by Crippen LogP contribution is 2.31. The van der Waals surface area contributed by atoms with E-state index in [4.69, 9.17) is 0 Å². The fourth-order valence-electron chi connectivity index (χ4n) is 3.70. The molecule has 0 fully saturated rings. The second kappa shape index (κ2) is 6.88. The lowest BCUT2D eigenvalue weighted by Crippen LogP contribution is -2.23. The lowest BCUT2D eigenvalue weighted by molar-refractivity contribution is 0.833. The third-order valence-electron chi connectivity index (χ3n) is 5.13. The zero-order valence-corrected chi connectivity index (χ0v) is 16.0. The van der Waals surface area contributed by atoms with Crippen molar-refractivity contribution in [2.75, 3.05) is 0 Å². The lowest BCUT2D eigenvalue weighted by Gasteiger charge is -2.16. The van der Waals surface area contributed by atoms with E-state index in [2.05, 4.69) is 15.3 Å². The SMILES string of the molecule is Cc1ccc(C(c2c(C)[nH][nH]c2=O)c2c(C)[nH]n(-c3ccccc3)c2=O)cc1. The molecule has 2 aromatic heterocycles. The first kappa shape index (κ1) is 17.9. The normalized spacial score (nSPS) is 12.2. The van der Waals surface area contributed by atoms with Gasteiger partial charge in [0.15, 0.2) is 0 Å². The average molecular weight is 374 g/mol. The lowest BCUT2D eigenvalue weighted by atomic mass is 9.85. The minimum absolute atomic E-state index is 0.158. The van der Waals surface area contributed by atoms with Gasteiger partial charge in [-0.25, -0.2) is 4.68 Å². The second-order valence-electron chi connectivity index (χ2n) is 7.09. The van der Waals surface area contributed by atoms with Crippen LogP contribution in [-0.4, -0.2) is 20.0 Å². The largest absolute Gasteiger partial charge is 0.302 e. The van der Waals surface area contributed by atoms with Crippen molar-refractivity contribution in [2.45, 2.75) is 26.7 Å². The molecule has 142 valence electrons. The molecule has 4 rings (SSSR count). The van der Waals surface area contributed by atoms with Crippen molar-refractivity contribution in [3.63, 3.8) is 0 Å². The van der Waals surface area contributed by atoms with Gasteiger partial charge in [0.25, 0.3) is 11.1 Å². The van der Waals surface area contributed by atoms with Crippen molar-refractivity contribution in [2.24, 2.45) is 0 Å². The van der Waals surface area contributed by atoms with Crippen LogP contribution < -0.4 is 11.1 Å². The van der Waals surface area contributed by atoms with E-state index in [9.17, 15) is 9.59 Å². The first-order chi connectivity index (χ1) is 13.5. The Bertz CT molecular complexity index is 1220. The van der Waals surface area contributed by atoms with E-state index < -0.39 is 5.92 Å². The minimum Gasteiger partial charge on any atom is -0.302 e. The average Bonchev–Trinajstić information content (AvgIpc) is 3.18. The number of benzene rings is 2. The van der Waals surface area contributed by atoms with Gasteiger partial charge >= 0.3 is 0 Å². The zero-order valence-electron chi connectivity index (χ0n) is 16.0. The number of H-pyrrole nitrogens is 3. The van der Waals surface area contributed by atoms with Crippen LogP contribution in [0, 0.1) is 20.8 Å². The van der Waals surface area contributed by atoms with Crippen molar-refractivity contribution < 1.29 is 0 Å². The number of hydrogen-bond donors (Lipinski definition) is 3. The quantitative estimate of drug-likeness (QED) is 0.512. The number of nitrogens with zero attached hydrogens (tertiary/aromatic N) is 1. The summed E-state index contributed by atoms with van der Waals surface area (Å²) in [4.78, 5) is 26.0. The molecule has 0 bridgehead atoms. The molecule has 1 atom stereocenters. The predicted molar refractivity (Wildman–Crippen MR) is 109 cm³/mol. The first-order valence-electron chi connectivity index (χ1n) is 9.18. The molecule has 0 saturated heterocycles. The van der Waals surface area contributed by atoms with Crippen LogP contribution in [0.15, 0.2) is 64.2 Å². The number of hydrogen-bond acceptors (Lipinski definition) is 2. The summed E-state index contributed by atoms with van der Waals surface area (Å²) in [6.07, 6.45) is 0. The molecule has 0 saturated carbocycles. The van der Waals surface area contributed by atoms with Crippen LogP contribution in [0.1, 0.15) is 39.6 Å². The van der Waals surface area contributed by atoms with Gasteiger partial charge in [0.1, 0.15) is 0 Å². The van der Waals surface area contributed by atoms with Crippen LogP contribution in [-0.2, 0) is 0 Å². The summed E-state index contributed by atoms with van der Waals surface area (Å²) in [6, 6.07) is 17.4. The van der Waals surface area contributed by atoms with E-state index in [0.29, 0.717) is 11.1 Å². The van der Waals surface area contributed by atoms with E-state index >= 15 is 0 Å². The van der Waals surface area contributed by atoms with E-state index in [-0.39, 0.29) is 11.1 Å². The summed E-state index contributed by atoms with van der Waals surface area (Å²) in [5.41, 5.74) is 4.99. The summed E-state index contributed by atoms with van der Waals surface area (Å²) in [6.45, 7) is 5.72. The zero-order chi connectivity index (χ0) is 19.8. The Morgan fingerprint density at radius 3 is 2.07 bits per heavy atom. The highest BCUT2D eigenvalue weighted by Gasteiger charge is 2.29. The molecule has 0 spiro atoms. The monoisotopic (exact) mass is 374 g/mol. The number of para-hydroxylation sites is 1. The Balaban J connectivity index is 1.99. The van der Waals surface area contributed by atoms with Gasteiger partial charge in [-0.2, -0.15) is 0 Å². The highest BCUT2D eigenvalue weighted by atomic mass is 16.1. The van der Waals surface area contributed by atoms with Crippen molar-refractivity contribution in [1.29, 1.82) is 0 Å². The maximum Gasteiger partial charge on any atom is 0.275 e. The van der Waals surface area contributed by atoms with E-state index in [1.165, 1.54) is 4.68 Å². The minimum atomic E-state index is -0.468. The predicted octanol–water partition coefficient (Wildman–Crippen LogP) is 3.29. The fraction of sp³-hybridized carbons (Fsp3) is 0.182. The number of nitrogens with one attached hydrogen (secondary N) is 3. The maximum atomic E-state index is 13.4. The second-order valence-corrected chi connectivity index (χ2v) is 7.09. The van der Waals surface area contributed by atoms with Gasteiger partial charge in [-0.15, -0.1) is 0 Å². The Labute approximate surface area is 161 Å². The number of aromatic amines is 3. The molecule has 0 radical (unpaired) electrons. The molecule has 0 aliphatic rings.